The van der Waals surface area contributed by atoms with Crippen molar-refractivity contribution in [3.8, 4) is 0 Å². The molecule has 60 heavy (non-hydrogen) atoms. The number of carbonyl (C=O) groups is 3. The molecule has 0 heterocycles. The van der Waals surface area contributed by atoms with Crippen LogP contribution in [0.15, 0.2) is 36.5 Å². The van der Waals surface area contributed by atoms with Crippen LogP contribution in [0.1, 0.15) is 174 Å². The smallest absolute Gasteiger partial charge is 0.462 e. The molecule has 1 aliphatic carbocycles. The van der Waals surface area contributed by atoms with Gasteiger partial charge in [-0.05, 0) is 63.9 Å². The second-order valence-corrected chi connectivity index (χ2v) is 17.3. The van der Waals surface area contributed by atoms with E-state index in [0.717, 1.165) is 89.9 Å². The van der Waals surface area contributed by atoms with Gasteiger partial charge in [0.25, 0.3) is 0 Å². The minimum absolute atomic E-state index is 0.0669. The van der Waals surface area contributed by atoms with Crippen LogP contribution < -0.4 is 0 Å². The number of aliphatic hydroxyl groups is 5. The summed E-state index contributed by atoms with van der Waals surface area (Å²) in [6, 6.07) is 0. The third-order valence-corrected chi connectivity index (χ3v) is 11.4. The van der Waals surface area contributed by atoms with Gasteiger partial charge in [0.05, 0.1) is 6.61 Å². The summed E-state index contributed by atoms with van der Waals surface area (Å²) in [6.45, 7) is 3.12. The van der Waals surface area contributed by atoms with Crippen LogP contribution in [0.25, 0.3) is 0 Å². The second kappa shape index (κ2) is 35.2. The van der Waals surface area contributed by atoms with Crippen LogP contribution >= 0.6 is 7.82 Å². The summed E-state index contributed by atoms with van der Waals surface area (Å²) < 4.78 is 33.4. The Morgan fingerprint density at radius 1 is 0.550 bits per heavy atom. The summed E-state index contributed by atoms with van der Waals surface area (Å²) in [5.41, 5.74) is 0. The van der Waals surface area contributed by atoms with Crippen molar-refractivity contribution >= 4 is 25.5 Å². The molecule has 8 atom stereocenters. The minimum atomic E-state index is -5.14. The number of hydrogen-bond acceptors (Lipinski definition) is 13. The first kappa shape index (κ1) is 55.8. The molecule has 1 fully saturated rings. The first-order valence-corrected chi connectivity index (χ1v) is 24.2. The van der Waals surface area contributed by atoms with Crippen molar-refractivity contribution in [2.75, 3.05) is 13.2 Å². The van der Waals surface area contributed by atoms with E-state index in [2.05, 4.69) is 32.1 Å². The molecule has 6 N–H and O–H groups in total. The van der Waals surface area contributed by atoms with E-state index in [1.54, 1.807) is 12.2 Å². The number of carbonyl (C=O) groups excluding carboxylic acids is 3. The van der Waals surface area contributed by atoms with Crippen LogP contribution in [-0.4, -0.2) is 104 Å². The monoisotopic (exact) mass is 875 g/mol. The Labute approximate surface area is 359 Å². The van der Waals surface area contributed by atoms with Crippen molar-refractivity contribution in [2.24, 2.45) is 0 Å². The Morgan fingerprint density at radius 2 is 1.00 bits per heavy atom. The molecule has 348 valence electrons. The molecule has 3 unspecified atom stereocenters. The van der Waals surface area contributed by atoms with Crippen molar-refractivity contribution in [3.05, 3.63) is 36.5 Å². The molecule has 15 heteroatoms. The van der Waals surface area contributed by atoms with E-state index >= 15 is 0 Å². The minimum Gasteiger partial charge on any atom is -0.462 e. The predicted molar refractivity (Wildman–Crippen MR) is 231 cm³/mol. The molecular weight excluding hydrogens is 795 g/mol. The van der Waals surface area contributed by atoms with Gasteiger partial charge in [-0.2, -0.15) is 0 Å². The predicted octanol–water partition coefficient (Wildman–Crippen LogP) is 7.79. The molecule has 0 aromatic carbocycles. The van der Waals surface area contributed by atoms with Gasteiger partial charge in [-0.1, -0.05) is 128 Å². The second-order valence-electron chi connectivity index (χ2n) is 15.9. The number of ketones is 1. The highest BCUT2D eigenvalue weighted by atomic mass is 31.2. The van der Waals surface area contributed by atoms with Crippen LogP contribution in [-0.2, 0) is 37.5 Å². The molecule has 0 aromatic heterocycles. The lowest BCUT2D eigenvalue weighted by Crippen LogP contribution is -2.64. The lowest BCUT2D eigenvalue weighted by Gasteiger charge is -2.41. The lowest BCUT2D eigenvalue weighted by molar-refractivity contribution is -0.220. The zero-order chi connectivity index (χ0) is 44.4. The van der Waals surface area contributed by atoms with E-state index in [0.29, 0.717) is 19.3 Å². The lowest BCUT2D eigenvalue weighted by atomic mass is 9.85. The van der Waals surface area contributed by atoms with Gasteiger partial charge in [-0.3, -0.25) is 23.4 Å². The third-order valence-electron chi connectivity index (χ3n) is 10.4. The summed E-state index contributed by atoms with van der Waals surface area (Å²) >= 11 is 0. The number of ether oxygens (including phenoxy) is 2. The Balaban J connectivity index is 2.51. The molecule has 0 aromatic rings. The Kier molecular flexibility index (Phi) is 32.7. The molecular formula is C45H79O14P. The molecule has 14 nitrogen and oxygen atoms in total. The van der Waals surface area contributed by atoms with Gasteiger partial charge in [-0.25, -0.2) is 4.57 Å². The first-order chi connectivity index (χ1) is 28.8. The maximum absolute atomic E-state index is 12.8. The number of unbranched alkanes of at least 4 members (excludes halogenated alkanes) is 18. The van der Waals surface area contributed by atoms with Crippen LogP contribution in [0.5, 0.6) is 0 Å². The first-order valence-electron chi connectivity index (χ1n) is 22.7. The number of esters is 2. The standard InChI is InChI=1S/C45H79O14P/c1-3-5-7-9-11-12-13-14-15-16-17-18-20-24-29-33-39(48)58-37(35-57-60(54,55)59-45-43(52)41(50)40(49)42(51)44(45)53)34-56-38(47)32-28-25-21-23-27-31-36(46)30-26-22-19-10-8-6-4-2/h12-13,19,22,26,30,37,40-45,49-53H,3-11,14-18,20-21,23-25,27-29,31-35H2,1-2H3,(H,54,55)/b13-12-,22-19-,30-26+/t37-,40?,41-,42+,43-,44-,45?/m1/s1. The SMILES string of the molecule is CCCCC/C=C\C=C\C(=O)CCCCCCCC(=O)OC[C@H](COP(=O)(O)OC1[C@H](O)[C@H](O)C(O)[C@H](O)[C@H]1O)OC(=O)CCCCCCCCC/C=C\CCCCCC. The van der Waals surface area contributed by atoms with E-state index in [4.69, 9.17) is 18.5 Å². The van der Waals surface area contributed by atoms with Gasteiger partial charge in [0.2, 0.25) is 0 Å². The Morgan fingerprint density at radius 3 is 1.58 bits per heavy atom. The van der Waals surface area contributed by atoms with Crippen molar-refractivity contribution in [1.82, 2.24) is 0 Å². The fourth-order valence-corrected chi connectivity index (χ4v) is 7.65. The number of aliphatic hydroxyl groups excluding tert-OH is 5. The third kappa shape index (κ3) is 27.6. The molecule has 1 rings (SSSR count). The van der Waals surface area contributed by atoms with Gasteiger partial charge in [0.15, 0.2) is 11.9 Å². The maximum atomic E-state index is 12.8. The average molecular weight is 875 g/mol. The number of rotatable bonds is 37. The van der Waals surface area contributed by atoms with Gasteiger partial charge in [-0.15, -0.1) is 0 Å². The topological polar surface area (TPSA) is 227 Å². The number of phosphoric acid groups is 1. The summed E-state index contributed by atoms with van der Waals surface area (Å²) in [6.07, 6.45) is 21.6. The van der Waals surface area contributed by atoms with E-state index in [1.807, 2.05) is 6.08 Å². The Bertz CT molecular complexity index is 1260. The highest BCUT2D eigenvalue weighted by Crippen LogP contribution is 2.47. The molecule has 1 saturated carbocycles. The van der Waals surface area contributed by atoms with Gasteiger partial charge >= 0.3 is 19.8 Å². The summed E-state index contributed by atoms with van der Waals surface area (Å²) in [4.78, 5) is 47.7. The number of allylic oxidation sites excluding steroid dienone is 6. The van der Waals surface area contributed by atoms with E-state index in [-0.39, 0.29) is 18.6 Å². The fraction of sp³-hybridized carbons (Fsp3) is 0.800. The normalized spacial score (nSPS) is 22.4. The van der Waals surface area contributed by atoms with Crippen LogP contribution in [0.3, 0.4) is 0 Å². The quantitative estimate of drug-likeness (QED) is 0.00875. The van der Waals surface area contributed by atoms with Gasteiger partial charge in [0.1, 0.15) is 43.2 Å². The summed E-state index contributed by atoms with van der Waals surface area (Å²) in [5, 5.41) is 50.1. The zero-order valence-corrected chi connectivity index (χ0v) is 37.4. The van der Waals surface area contributed by atoms with Gasteiger partial charge in [0, 0.05) is 19.3 Å². The molecule has 0 amide bonds. The fourth-order valence-electron chi connectivity index (χ4n) is 6.67. The van der Waals surface area contributed by atoms with Crippen molar-refractivity contribution in [2.45, 2.75) is 217 Å². The van der Waals surface area contributed by atoms with Crippen LogP contribution in [0, 0.1) is 0 Å². The molecule has 0 spiro atoms. The van der Waals surface area contributed by atoms with Crippen molar-refractivity contribution in [1.29, 1.82) is 0 Å². The van der Waals surface area contributed by atoms with E-state index in [1.165, 1.54) is 38.5 Å². The van der Waals surface area contributed by atoms with E-state index < -0.39 is 75.7 Å². The number of hydrogen-bond donors (Lipinski definition) is 6. The van der Waals surface area contributed by atoms with Crippen molar-refractivity contribution in [3.63, 3.8) is 0 Å². The van der Waals surface area contributed by atoms with Crippen LogP contribution in [0.2, 0.25) is 0 Å². The van der Waals surface area contributed by atoms with Crippen molar-refractivity contribution < 1.29 is 67.9 Å². The number of phosphoric ester groups is 1. The largest absolute Gasteiger partial charge is 0.472 e. The Hall–Kier alpha value is -2.26. The highest BCUT2D eigenvalue weighted by molar-refractivity contribution is 7.47. The maximum Gasteiger partial charge on any atom is 0.472 e. The highest BCUT2D eigenvalue weighted by Gasteiger charge is 2.51. The van der Waals surface area contributed by atoms with Crippen LogP contribution in [0.4, 0.5) is 0 Å². The summed E-state index contributed by atoms with van der Waals surface area (Å²) in [7, 11) is -5.14. The molecule has 1 aliphatic rings. The molecule has 0 radical (unpaired) electrons. The zero-order valence-electron chi connectivity index (χ0n) is 36.5. The molecule has 0 saturated heterocycles. The average Bonchev–Trinajstić information content (AvgIpc) is 3.22. The summed E-state index contributed by atoms with van der Waals surface area (Å²) in [5.74, 6) is -1.12. The van der Waals surface area contributed by atoms with Gasteiger partial charge < -0.3 is 39.9 Å². The molecule has 0 aliphatic heterocycles. The molecule has 0 bridgehead atoms. The van der Waals surface area contributed by atoms with E-state index in [9.17, 15) is 49.4 Å².